The van der Waals surface area contributed by atoms with Crippen LogP contribution in [0, 0.1) is 6.92 Å². The third-order valence-electron chi connectivity index (χ3n) is 3.65. The minimum absolute atomic E-state index is 0.438. The molecule has 0 saturated heterocycles. The number of rotatable bonds is 8. The second-order valence-electron chi connectivity index (χ2n) is 5.86. The Hall–Kier alpha value is -2.14. The molecule has 1 heterocycles. The highest BCUT2D eigenvalue weighted by Crippen LogP contribution is 2.29. The fourth-order valence-corrected chi connectivity index (χ4v) is 2.40. The molecule has 0 saturated carbocycles. The Morgan fingerprint density at radius 1 is 1.22 bits per heavy atom. The van der Waals surface area contributed by atoms with E-state index in [0.29, 0.717) is 11.9 Å². The number of aromatic nitrogens is 2. The predicted molar refractivity (Wildman–Crippen MR) is 95.6 cm³/mol. The van der Waals surface area contributed by atoms with Crippen molar-refractivity contribution in [3.05, 3.63) is 41.6 Å². The Labute approximate surface area is 138 Å². The zero-order chi connectivity index (χ0) is 16.7. The average molecular weight is 314 g/mol. The van der Waals surface area contributed by atoms with Crippen molar-refractivity contribution in [2.24, 2.45) is 0 Å². The molecule has 0 bridgehead atoms. The molecule has 2 rings (SSSR count). The Kier molecular flexibility index (Phi) is 6.35. The van der Waals surface area contributed by atoms with E-state index in [4.69, 9.17) is 4.74 Å². The molecule has 0 aliphatic rings. The van der Waals surface area contributed by atoms with Gasteiger partial charge in [0, 0.05) is 32.1 Å². The molecule has 5 nitrogen and oxygen atoms in total. The molecule has 1 aromatic heterocycles. The van der Waals surface area contributed by atoms with E-state index < -0.39 is 0 Å². The zero-order valence-electron chi connectivity index (χ0n) is 14.4. The van der Waals surface area contributed by atoms with E-state index in [2.05, 4.69) is 59.6 Å². The van der Waals surface area contributed by atoms with Gasteiger partial charge in [0.15, 0.2) is 0 Å². The van der Waals surface area contributed by atoms with Crippen LogP contribution in [0.1, 0.15) is 37.3 Å². The van der Waals surface area contributed by atoms with Crippen molar-refractivity contribution in [1.82, 2.24) is 9.97 Å². The van der Waals surface area contributed by atoms with Crippen LogP contribution in [-0.4, -0.2) is 30.2 Å². The zero-order valence-corrected chi connectivity index (χ0v) is 14.4. The van der Waals surface area contributed by atoms with Gasteiger partial charge in [-0.05, 0) is 36.5 Å². The molecule has 0 radical (unpaired) electrons. The normalized spacial score (nSPS) is 10.8. The van der Waals surface area contributed by atoms with Gasteiger partial charge in [0.1, 0.15) is 5.82 Å². The number of hydrogen-bond donors (Lipinski definition) is 2. The predicted octanol–water partition coefficient (Wildman–Crippen LogP) is 4.10. The summed E-state index contributed by atoms with van der Waals surface area (Å²) in [5, 5.41) is 6.66. The highest BCUT2D eigenvalue weighted by Gasteiger charge is 2.10. The SMILES string of the molecule is COCCCNc1ccnc(Nc2c(C)cccc2C(C)C)n1. The molecule has 0 amide bonds. The molecule has 0 aliphatic heterocycles. The summed E-state index contributed by atoms with van der Waals surface area (Å²) < 4.78 is 5.05. The number of para-hydroxylation sites is 1. The Morgan fingerprint density at radius 3 is 2.78 bits per heavy atom. The summed E-state index contributed by atoms with van der Waals surface area (Å²) in [5.74, 6) is 1.86. The summed E-state index contributed by atoms with van der Waals surface area (Å²) in [6.45, 7) is 8.04. The molecule has 1 aromatic carbocycles. The van der Waals surface area contributed by atoms with Gasteiger partial charge in [0.2, 0.25) is 5.95 Å². The first-order chi connectivity index (χ1) is 11.1. The highest BCUT2D eigenvalue weighted by atomic mass is 16.5. The summed E-state index contributed by atoms with van der Waals surface area (Å²) in [6, 6.07) is 8.21. The lowest BCUT2D eigenvalue weighted by Gasteiger charge is -2.16. The first-order valence-electron chi connectivity index (χ1n) is 8.04. The van der Waals surface area contributed by atoms with E-state index in [0.717, 1.165) is 31.1 Å². The topological polar surface area (TPSA) is 59.1 Å². The van der Waals surface area contributed by atoms with Gasteiger partial charge in [-0.25, -0.2) is 4.98 Å². The third kappa shape index (κ3) is 4.93. The molecular weight excluding hydrogens is 288 g/mol. The van der Waals surface area contributed by atoms with Crippen LogP contribution in [0.4, 0.5) is 17.5 Å². The number of aryl methyl sites for hydroxylation is 1. The monoisotopic (exact) mass is 314 g/mol. The van der Waals surface area contributed by atoms with Crippen molar-refractivity contribution >= 4 is 17.5 Å². The minimum atomic E-state index is 0.438. The Morgan fingerprint density at radius 2 is 2.04 bits per heavy atom. The van der Waals surface area contributed by atoms with Crippen LogP contribution >= 0.6 is 0 Å². The van der Waals surface area contributed by atoms with Gasteiger partial charge in [-0.2, -0.15) is 4.98 Å². The molecule has 0 atom stereocenters. The van der Waals surface area contributed by atoms with Crippen molar-refractivity contribution in [3.8, 4) is 0 Å². The highest BCUT2D eigenvalue weighted by molar-refractivity contribution is 5.64. The standard InChI is InChI=1S/C18H26N4O/c1-13(2)15-8-5-7-14(3)17(15)22-18-20-11-9-16(21-18)19-10-6-12-23-4/h5,7-9,11,13H,6,10,12H2,1-4H3,(H2,19,20,21,22). The third-order valence-corrected chi connectivity index (χ3v) is 3.65. The number of nitrogens with one attached hydrogen (secondary N) is 2. The molecule has 124 valence electrons. The van der Waals surface area contributed by atoms with Gasteiger partial charge in [0.05, 0.1) is 0 Å². The number of anilines is 3. The minimum Gasteiger partial charge on any atom is -0.385 e. The number of ether oxygens (including phenoxy) is 1. The number of methoxy groups -OCH3 is 1. The van der Waals surface area contributed by atoms with E-state index >= 15 is 0 Å². The van der Waals surface area contributed by atoms with Crippen molar-refractivity contribution in [1.29, 1.82) is 0 Å². The smallest absolute Gasteiger partial charge is 0.229 e. The van der Waals surface area contributed by atoms with E-state index in [1.165, 1.54) is 11.1 Å². The summed E-state index contributed by atoms with van der Waals surface area (Å²) in [4.78, 5) is 8.87. The van der Waals surface area contributed by atoms with Crippen molar-refractivity contribution < 1.29 is 4.74 Å². The van der Waals surface area contributed by atoms with Crippen LogP contribution in [0.5, 0.6) is 0 Å². The first-order valence-corrected chi connectivity index (χ1v) is 8.04. The Balaban J connectivity index is 2.12. The lowest BCUT2D eigenvalue weighted by atomic mass is 9.98. The molecule has 5 heteroatoms. The summed E-state index contributed by atoms with van der Waals surface area (Å²) >= 11 is 0. The molecule has 23 heavy (non-hydrogen) atoms. The maximum absolute atomic E-state index is 5.05. The second kappa shape index (κ2) is 8.48. The maximum atomic E-state index is 5.05. The van der Waals surface area contributed by atoms with E-state index in [-0.39, 0.29) is 0 Å². The van der Waals surface area contributed by atoms with Crippen LogP contribution in [0.25, 0.3) is 0 Å². The molecule has 0 spiro atoms. The number of nitrogens with zero attached hydrogens (tertiary/aromatic N) is 2. The van der Waals surface area contributed by atoms with Crippen LogP contribution in [0.15, 0.2) is 30.5 Å². The largest absolute Gasteiger partial charge is 0.385 e. The molecule has 0 aliphatic carbocycles. The lowest BCUT2D eigenvalue weighted by Crippen LogP contribution is -2.08. The fraction of sp³-hybridized carbons (Fsp3) is 0.444. The van der Waals surface area contributed by atoms with Gasteiger partial charge in [-0.1, -0.05) is 32.0 Å². The molecule has 2 aromatic rings. The first kappa shape index (κ1) is 17.2. The van der Waals surface area contributed by atoms with Gasteiger partial charge >= 0.3 is 0 Å². The molecule has 0 fully saturated rings. The Bertz CT molecular complexity index is 628. The van der Waals surface area contributed by atoms with Gasteiger partial charge < -0.3 is 15.4 Å². The average Bonchev–Trinajstić information content (AvgIpc) is 2.54. The fourth-order valence-electron chi connectivity index (χ4n) is 2.40. The molecular formula is C18H26N4O. The van der Waals surface area contributed by atoms with Crippen LogP contribution in [0.2, 0.25) is 0 Å². The van der Waals surface area contributed by atoms with Crippen LogP contribution < -0.4 is 10.6 Å². The molecule has 2 N–H and O–H groups in total. The van der Waals surface area contributed by atoms with E-state index in [1.807, 2.05) is 6.07 Å². The summed E-state index contributed by atoms with van der Waals surface area (Å²) in [7, 11) is 1.71. The van der Waals surface area contributed by atoms with E-state index in [1.54, 1.807) is 13.3 Å². The van der Waals surface area contributed by atoms with Gasteiger partial charge in [0.25, 0.3) is 0 Å². The number of hydrogen-bond acceptors (Lipinski definition) is 5. The quantitative estimate of drug-likeness (QED) is 0.718. The van der Waals surface area contributed by atoms with Gasteiger partial charge in [-0.3, -0.25) is 0 Å². The molecule has 0 unspecified atom stereocenters. The van der Waals surface area contributed by atoms with E-state index in [9.17, 15) is 0 Å². The summed E-state index contributed by atoms with van der Waals surface area (Å²) in [6.07, 6.45) is 2.71. The van der Waals surface area contributed by atoms with Crippen molar-refractivity contribution in [2.45, 2.75) is 33.1 Å². The van der Waals surface area contributed by atoms with Crippen LogP contribution in [-0.2, 0) is 4.74 Å². The lowest BCUT2D eigenvalue weighted by molar-refractivity contribution is 0.198. The van der Waals surface area contributed by atoms with Crippen molar-refractivity contribution in [3.63, 3.8) is 0 Å². The van der Waals surface area contributed by atoms with Gasteiger partial charge in [-0.15, -0.1) is 0 Å². The second-order valence-corrected chi connectivity index (χ2v) is 5.86. The number of benzene rings is 1. The summed E-state index contributed by atoms with van der Waals surface area (Å²) in [5.41, 5.74) is 3.56. The van der Waals surface area contributed by atoms with Crippen molar-refractivity contribution in [2.75, 3.05) is 30.9 Å². The maximum Gasteiger partial charge on any atom is 0.229 e. The van der Waals surface area contributed by atoms with Crippen LogP contribution in [0.3, 0.4) is 0 Å².